The normalized spacial score (nSPS) is 19.5. The van der Waals surface area contributed by atoms with E-state index in [9.17, 15) is 9.50 Å². The van der Waals surface area contributed by atoms with Crippen LogP contribution in [0.4, 0.5) is 4.39 Å². The fourth-order valence-corrected chi connectivity index (χ4v) is 2.42. The average molecular weight is 250 g/mol. The third kappa shape index (κ3) is 1.47. The second-order valence-electron chi connectivity index (χ2n) is 5.18. The Morgan fingerprint density at radius 3 is 2.89 bits per heavy atom. The summed E-state index contributed by atoms with van der Waals surface area (Å²) in [5.74, 6) is 0.0585. The lowest BCUT2D eigenvalue weighted by molar-refractivity contribution is -0.0165. The summed E-state index contributed by atoms with van der Waals surface area (Å²) in [7, 11) is 0. The molecule has 0 fully saturated rings. The van der Waals surface area contributed by atoms with Crippen molar-refractivity contribution in [2.24, 2.45) is 0 Å². The number of aliphatic hydroxyl groups is 1. The van der Waals surface area contributed by atoms with Crippen LogP contribution in [-0.4, -0.2) is 14.7 Å². The largest absolute Gasteiger partial charge is 0.383 e. The number of rotatable bonds is 1. The predicted molar refractivity (Wildman–Crippen MR) is 64.4 cm³/mol. The molecule has 0 amide bonds. The van der Waals surface area contributed by atoms with Gasteiger partial charge in [-0.1, -0.05) is 6.07 Å². The summed E-state index contributed by atoms with van der Waals surface area (Å²) in [6, 6.07) is 3.10. The zero-order valence-corrected chi connectivity index (χ0v) is 10.6. The van der Waals surface area contributed by atoms with Crippen LogP contribution in [0.3, 0.4) is 0 Å². The van der Waals surface area contributed by atoms with Crippen LogP contribution in [0, 0.1) is 5.82 Å². The van der Waals surface area contributed by atoms with Crippen LogP contribution < -0.4 is 0 Å². The SMILES string of the molecule is C[C@H]1OCc2ccc(F)c3nc(C(C)(C)O)n1c23. The van der Waals surface area contributed by atoms with E-state index >= 15 is 0 Å². The molecular weight excluding hydrogens is 235 g/mol. The molecule has 96 valence electrons. The number of benzene rings is 1. The highest BCUT2D eigenvalue weighted by Gasteiger charge is 2.31. The standard InChI is InChI=1S/C13H15FN2O2/c1-7-16-11-8(6-18-7)4-5-9(14)10(11)15-12(16)13(2,3)17/h4-5,7,17H,6H2,1-3H3/t7-/m1/s1. The second kappa shape index (κ2) is 3.52. The van der Waals surface area contributed by atoms with Gasteiger partial charge in [0, 0.05) is 5.56 Å². The van der Waals surface area contributed by atoms with Gasteiger partial charge < -0.3 is 9.84 Å². The van der Waals surface area contributed by atoms with Crippen molar-refractivity contribution < 1.29 is 14.2 Å². The summed E-state index contributed by atoms with van der Waals surface area (Å²) in [5, 5.41) is 10.2. The van der Waals surface area contributed by atoms with E-state index in [2.05, 4.69) is 4.98 Å². The van der Waals surface area contributed by atoms with Gasteiger partial charge in [-0.15, -0.1) is 0 Å². The Morgan fingerprint density at radius 1 is 1.50 bits per heavy atom. The van der Waals surface area contributed by atoms with Crippen LogP contribution >= 0.6 is 0 Å². The van der Waals surface area contributed by atoms with Crippen molar-refractivity contribution in [1.82, 2.24) is 9.55 Å². The van der Waals surface area contributed by atoms with E-state index in [0.717, 1.165) is 11.1 Å². The highest BCUT2D eigenvalue weighted by Crippen LogP contribution is 2.35. The van der Waals surface area contributed by atoms with E-state index in [0.29, 0.717) is 17.9 Å². The van der Waals surface area contributed by atoms with Crippen molar-refractivity contribution in [3.05, 3.63) is 29.3 Å². The molecule has 0 radical (unpaired) electrons. The molecule has 2 aromatic rings. The summed E-state index contributed by atoms with van der Waals surface area (Å²) in [6.45, 7) is 5.58. The second-order valence-corrected chi connectivity index (χ2v) is 5.18. The molecule has 0 unspecified atom stereocenters. The molecule has 5 heteroatoms. The molecule has 1 aliphatic rings. The predicted octanol–water partition coefficient (Wildman–Crippen LogP) is 2.45. The lowest BCUT2D eigenvalue weighted by Crippen LogP contribution is -2.26. The van der Waals surface area contributed by atoms with Gasteiger partial charge in [0.1, 0.15) is 23.2 Å². The molecule has 0 spiro atoms. The lowest BCUT2D eigenvalue weighted by Gasteiger charge is -2.27. The smallest absolute Gasteiger partial charge is 0.151 e. The Balaban J connectivity index is 2.45. The Kier molecular flexibility index (Phi) is 2.27. The third-order valence-electron chi connectivity index (χ3n) is 3.26. The molecule has 0 saturated heterocycles. The van der Waals surface area contributed by atoms with Crippen LogP contribution in [0.2, 0.25) is 0 Å². The molecule has 2 heterocycles. The summed E-state index contributed by atoms with van der Waals surface area (Å²) in [6.07, 6.45) is -0.259. The van der Waals surface area contributed by atoms with Crippen LogP contribution in [0.5, 0.6) is 0 Å². The molecule has 1 N–H and O–H groups in total. The summed E-state index contributed by atoms with van der Waals surface area (Å²) in [5.41, 5.74) is 0.788. The minimum Gasteiger partial charge on any atom is -0.383 e. The van der Waals surface area contributed by atoms with Crippen molar-refractivity contribution in [2.45, 2.75) is 39.2 Å². The van der Waals surface area contributed by atoms with E-state index < -0.39 is 5.60 Å². The first-order valence-corrected chi connectivity index (χ1v) is 5.93. The molecule has 1 atom stereocenters. The molecule has 0 bridgehead atoms. The number of aromatic nitrogens is 2. The van der Waals surface area contributed by atoms with Gasteiger partial charge in [-0.2, -0.15) is 0 Å². The Bertz CT molecular complexity index is 628. The minimum atomic E-state index is -1.14. The molecule has 0 aliphatic carbocycles. The number of nitrogens with zero attached hydrogens (tertiary/aromatic N) is 2. The first-order chi connectivity index (χ1) is 8.39. The van der Waals surface area contributed by atoms with E-state index in [1.807, 2.05) is 6.92 Å². The Labute approximate surface area is 104 Å². The van der Waals surface area contributed by atoms with Gasteiger partial charge in [-0.3, -0.25) is 4.57 Å². The van der Waals surface area contributed by atoms with E-state index in [1.54, 1.807) is 24.5 Å². The number of hydrogen-bond donors (Lipinski definition) is 1. The average Bonchev–Trinajstić information content (AvgIpc) is 2.69. The lowest BCUT2D eigenvalue weighted by atomic mass is 10.1. The first kappa shape index (κ1) is 11.6. The molecule has 3 rings (SSSR count). The highest BCUT2D eigenvalue weighted by atomic mass is 19.1. The fraction of sp³-hybridized carbons (Fsp3) is 0.462. The van der Waals surface area contributed by atoms with E-state index in [1.165, 1.54) is 6.07 Å². The zero-order valence-electron chi connectivity index (χ0n) is 10.6. The third-order valence-corrected chi connectivity index (χ3v) is 3.26. The Hall–Kier alpha value is -1.46. The van der Waals surface area contributed by atoms with Crippen molar-refractivity contribution in [3.63, 3.8) is 0 Å². The van der Waals surface area contributed by atoms with Gasteiger partial charge >= 0.3 is 0 Å². The zero-order chi connectivity index (χ0) is 13.1. The molecule has 4 nitrogen and oxygen atoms in total. The molecule has 1 aromatic carbocycles. The summed E-state index contributed by atoms with van der Waals surface area (Å²) in [4.78, 5) is 4.26. The van der Waals surface area contributed by atoms with Gasteiger partial charge in [0.05, 0.1) is 12.1 Å². The van der Waals surface area contributed by atoms with E-state index in [4.69, 9.17) is 4.74 Å². The van der Waals surface area contributed by atoms with E-state index in [-0.39, 0.29) is 12.0 Å². The number of imidazole rings is 1. The topological polar surface area (TPSA) is 47.3 Å². The van der Waals surface area contributed by atoms with Crippen molar-refractivity contribution in [3.8, 4) is 0 Å². The quantitative estimate of drug-likeness (QED) is 0.845. The van der Waals surface area contributed by atoms with Crippen LogP contribution in [0.15, 0.2) is 12.1 Å². The fourth-order valence-electron chi connectivity index (χ4n) is 2.42. The molecular formula is C13H15FN2O2. The van der Waals surface area contributed by atoms with Crippen LogP contribution in [0.1, 0.15) is 38.4 Å². The maximum atomic E-state index is 13.8. The van der Waals surface area contributed by atoms with Crippen LogP contribution in [0.25, 0.3) is 11.0 Å². The molecule has 0 saturated carbocycles. The molecule has 1 aromatic heterocycles. The maximum Gasteiger partial charge on any atom is 0.151 e. The minimum absolute atomic E-state index is 0.259. The van der Waals surface area contributed by atoms with Crippen molar-refractivity contribution >= 4 is 11.0 Å². The Morgan fingerprint density at radius 2 is 2.22 bits per heavy atom. The summed E-state index contributed by atoms with van der Waals surface area (Å²) < 4.78 is 21.2. The first-order valence-electron chi connectivity index (χ1n) is 5.93. The van der Waals surface area contributed by atoms with Crippen molar-refractivity contribution in [2.75, 3.05) is 0 Å². The monoisotopic (exact) mass is 250 g/mol. The molecule has 18 heavy (non-hydrogen) atoms. The summed E-state index contributed by atoms with van der Waals surface area (Å²) >= 11 is 0. The number of hydrogen-bond acceptors (Lipinski definition) is 3. The van der Waals surface area contributed by atoms with Gasteiger partial charge in [-0.25, -0.2) is 9.37 Å². The highest BCUT2D eigenvalue weighted by molar-refractivity contribution is 5.81. The maximum absolute atomic E-state index is 13.8. The molecule has 1 aliphatic heterocycles. The van der Waals surface area contributed by atoms with Gasteiger partial charge in [-0.05, 0) is 26.8 Å². The van der Waals surface area contributed by atoms with Crippen LogP contribution in [-0.2, 0) is 16.9 Å². The van der Waals surface area contributed by atoms with Gasteiger partial charge in [0.25, 0.3) is 0 Å². The number of ether oxygens (including phenoxy) is 1. The number of halogens is 1. The van der Waals surface area contributed by atoms with Gasteiger partial charge in [0.2, 0.25) is 0 Å². The van der Waals surface area contributed by atoms with Gasteiger partial charge in [0.15, 0.2) is 5.82 Å². The van der Waals surface area contributed by atoms with Crippen molar-refractivity contribution in [1.29, 1.82) is 0 Å².